The zero-order valence-electron chi connectivity index (χ0n) is 10.7. The van der Waals surface area contributed by atoms with E-state index in [2.05, 4.69) is 0 Å². The number of fused-ring (bicyclic) bond motifs is 1. The molecule has 1 unspecified atom stereocenters. The molecule has 1 atom stereocenters. The van der Waals surface area contributed by atoms with Gasteiger partial charge in [0.15, 0.2) is 5.76 Å². The van der Waals surface area contributed by atoms with Crippen LogP contribution in [0.4, 0.5) is 4.39 Å². The van der Waals surface area contributed by atoms with Gasteiger partial charge in [0.1, 0.15) is 11.4 Å². The van der Waals surface area contributed by atoms with E-state index in [1.807, 2.05) is 20.8 Å². The Morgan fingerprint density at radius 3 is 2.61 bits per heavy atom. The lowest BCUT2D eigenvalue weighted by Crippen LogP contribution is -2.42. The number of Topliss-reactive ketones (excluding diaryl/α,β-unsaturated/α-hetero) is 1. The number of benzene rings is 1. The topological polar surface area (TPSA) is 56.2 Å². The van der Waals surface area contributed by atoms with Gasteiger partial charge in [-0.1, -0.05) is 20.8 Å². The molecule has 0 radical (unpaired) electrons. The quantitative estimate of drug-likeness (QED) is 0.832. The van der Waals surface area contributed by atoms with Crippen LogP contribution in [0.15, 0.2) is 28.7 Å². The maximum atomic E-state index is 13.0. The summed E-state index contributed by atoms with van der Waals surface area (Å²) in [6.45, 7) is 5.66. The molecule has 1 aromatic carbocycles. The number of ketones is 1. The lowest BCUT2D eigenvalue weighted by atomic mass is 9.84. The third-order valence-electron chi connectivity index (χ3n) is 2.94. The second-order valence-corrected chi connectivity index (χ2v) is 5.50. The minimum atomic E-state index is -0.650. The molecule has 0 bridgehead atoms. The highest BCUT2D eigenvalue weighted by molar-refractivity contribution is 6.01. The van der Waals surface area contributed by atoms with E-state index in [0.717, 1.165) is 0 Å². The molecule has 3 nitrogen and oxygen atoms in total. The highest BCUT2D eigenvalue weighted by Gasteiger charge is 2.30. The highest BCUT2D eigenvalue weighted by Crippen LogP contribution is 2.25. The van der Waals surface area contributed by atoms with Gasteiger partial charge in [-0.05, 0) is 29.7 Å². The largest absolute Gasteiger partial charge is 0.453 e. The van der Waals surface area contributed by atoms with E-state index < -0.39 is 6.04 Å². The van der Waals surface area contributed by atoms with Crippen LogP contribution in [0, 0.1) is 11.2 Å². The van der Waals surface area contributed by atoms with Crippen molar-refractivity contribution in [1.82, 2.24) is 0 Å². The lowest BCUT2D eigenvalue weighted by molar-refractivity contribution is 0.0875. The number of halogens is 1. The van der Waals surface area contributed by atoms with Crippen molar-refractivity contribution in [2.75, 3.05) is 0 Å². The molecule has 96 valence electrons. The summed E-state index contributed by atoms with van der Waals surface area (Å²) < 4.78 is 18.4. The van der Waals surface area contributed by atoms with E-state index in [4.69, 9.17) is 10.2 Å². The fraction of sp³-hybridized carbons (Fsp3) is 0.357. The van der Waals surface area contributed by atoms with Crippen molar-refractivity contribution >= 4 is 16.8 Å². The molecule has 18 heavy (non-hydrogen) atoms. The molecular weight excluding hydrogens is 233 g/mol. The average molecular weight is 249 g/mol. The van der Waals surface area contributed by atoms with Gasteiger partial charge in [-0.15, -0.1) is 0 Å². The number of hydrogen-bond acceptors (Lipinski definition) is 3. The molecule has 2 rings (SSSR count). The number of carbonyl (C=O) groups excluding carboxylic acids is 1. The summed E-state index contributed by atoms with van der Waals surface area (Å²) in [5, 5.41) is 0.569. The monoisotopic (exact) mass is 249 g/mol. The second-order valence-electron chi connectivity index (χ2n) is 5.50. The Kier molecular flexibility index (Phi) is 2.99. The molecule has 0 fully saturated rings. The Bertz CT molecular complexity index is 595. The third-order valence-corrected chi connectivity index (χ3v) is 2.94. The van der Waals surface area contributed by atoms with Crippen molar-refractivity contribution in [3.63, 3.8) is 0 Å². The van der Waals surface area contributed by atoms with E-state index in [9.17, 15) is 9.18 Å². The first-order valence-corrected chi connectivity index (χ1v) is 5.78. The molecule has 0 aliphatic carbocycles. The Hall–Kier alpha value is -1.68. The van der Waals surface area contributed by atoms with Gasteiger partial charge in [0.25, 0.3) is 0 Å². The van der Waals surface area contributed by atoms with Crippen LogP contribution < -0.4 is 5.73 Å². The summed E-state index contributed by atoms with van der Waals surface area (Å²) in [4.78, 5) is 12.1. The first-order chi connectivity index (χ1) is 8.29. The van der Waals surface area contributed by atoms with Crippen LogP contribution in [0.1, 0.15) is 31.3 Å². The van der Waals surface area contributed by atoms with E-state index in [-0.39, 0.29) is 22.8 Å². The average Bonchev–Trinajstić information content (AvgIpc) is 2.68. The van der Waals surface area contributed by atoms with Crippen LogP contribution in [0.5, 0.6) is 0 Å². The zero-order chi connectivity index (χ0) is 13.5. The van der Waals surface area contributed by atoms with E-state index >= 15 is 0 Å². The van der Waals surface area contributed by atoms with Crippen LogP contribution in [-0.2, 0) is 0 Å². The van der Waals surface area contributed by atoms with Gasteiger partial charge in [0.2, 0.25) is 5.78 Å². The Balaban J connectivity index is 2.40. The van der Waals surface area contributed by atoms with E-state index in [1.165, 1.54) is 24.3 Å². The van der Waals surface area contributed by atoms with Crippen LogP contribution >= 0.6 is 0 Å². The molecule has 2 N–H and O–H groups in total. The molecule has 2 aromatic rings. The fourth-order valence-corrected chi connectivity index (χ4v) is 1.68. The van der Waals surface area contributed by atoms with Crippen LogP contribution in [-0.4, -0.2) is 11.8 Å². The minimum absolute atomic E-state index is 0.179. The summed E-state index contributed by atoms with van der Waals surface area (Å²) in [6.07, 6.45) is 0. The van der Waals surface area contributed by atoms with Gasteiger partial charge in [-0.2, -0.15) is 0 Å². The molecular formula is C14H16FNO2. The van der Waals surface area contributed by atoms with Crippen molar-refractivity contribution in [2.45, 2.75) is 26.8 Å². The molecule has 0 amide bonds. The lowest BCUT2D eigenvalue weighted by Gasteiger charge is -2.24. The fourth-order valence-electron chi connectivity index (χ4n) is 1.68. The molecule has 0 saturated heterocycles. The molecule has 0 saturated carbocycles. The highest BCUT2D eigenvalue weighted by atomic mass is 19.1. The normalized spacial score (nSPS) is 13.8. The van der Waals surface area contributed by atoms with Gasteiger partial charge >= 0.3 is 0 Å². The standard InChI is InChI=1S/C14H16FNO2/c1-14(2,3)13(16)12(17)11-7-8-6-9(15)4-5-10(8)18-11/h4-7,13H,16H2,1-3H3. The first kappa shape index (κ1) is 12.8. The number of nitrogens with two attached hydrogens (primary N) is 1. The summed E-state index contributed by atoms with van der Waals surface area (Å²) in [6, 6.07) is 5.02. The van der Waals surface area contributed by atoms with Crippen LogP contribution in [0.25, 0.3) is 11.0 Å². The maximum absolute atomic E-state index is 13.0. The Morgan fingerprint density at radius 1 is 1.33 bits per heavy atom. The van der Waals surface area contributed by atoms with Crippen molar-refractivity contribution in [3.05, 3.63) is 35.8 Å². The van der Waals surface area contributed by atoms with E-state index in [1.54, 1.807) is 0 Å². The van der Waals surface area contributed by atoms with Crippen molar-refractivity contribution in [3.8, 4) is 0 Å². The van der Waals surface area contributed by atoms with Crippen molar-refractivity contribution in [2.24, 2.45) is 11.1 Å². The van der Waals surface area contributed by atoms with Crippen molar-refractivity contribution in [1.29, 1.82) is 0 Å². The van der Waals surface area contributed by atoms with Gasteiger partial charge in [0.05, 0.1) is 6.04 Å². The number of carbonyl (C=O) groups is 1. The number of furan rings is 1. The predicted molar refractivity (Wildman–Crippen MR) is 67.9 cm³/mol. The summed E-state index contributed by atoms with van der Waals surface area (Å²) in [7, 11) is 0. The third kappa shape index (κ3) is 2.29. The Morgan fingerprint density at radius 2 is 2.00 bits per heavy atom. The SMILES string of the molecule is CC(C)(C)C(N)C(=O)c1cc2cc(F)ccc2o1. The number of rotatable bonds is 2. The van der Waals surface area contributed by atoms with Crippen LogP contribution in [0.2, 0.25) is 0 Å². The summed E-state index contributed by atoms with van der Waals surface area (Å²) in [5.74, 6) is -0.445. The first-order valence-electron chi connectivity index (χ1n) is 5.78. The van der Waals surface area contributed by atoms with E-state index in [0.29, 0.717) is 11.0 Å². The molecule has 0 aliphatic heterocycles. The smallest absolute Gasteiger partial charge is 0.215 e. The minimum Gasteiger partial charge on any atom is -0.453 e. The van der Waals surface area contributed by atoms with Gasteiger partial charge in [-0.3, -0.25) is 4.79 Å². The summed E-state index contributed by atoms with van der Waals surface area (Å²) >= 11 is 0. The molecule has 4 heteroatoms. The molecule has 1 heterocycles. The second kappa shape index (κ2) is 4.21. The van der Waals surface area contributed by atoms with Gasteiger partial charge in [0, 0.05) is 5.39 Å². The molecule has 0 spiro atoms. The predicted octanol–water partition coefficient (Wildman–Crippen LogP) is 3.13. The molecule has 0 aliphatic rings. The summed E-state index contributed by atoms with van der Waals surface area (Å²) in [5.41, 5.74) is 6.04. The van der Waals surface area contributed by atoms with Crippen LogP contribution in [0.3, 0.4) is 0 Å². The van der Waals surface area contributed by atoms with Gasteiger partial charge in [-0.25, -0.2) is 4.39 Å². The van der Waals surface area contributed by atoms with Gasteiger partial charge < -0.3 is 10.2 Å². The molecule has 1 aromatic heterocycles. The maximum Gasteiger partial charge on any atom is 0.215 e. The van der Waals surface area contributed by atoms with Crippen molar-refractivity contribution < 1.29 is 13.6 Å². The Labute approximate surface area is 105 Å². The zero-order valence-corrected chi connectivity index (χ0v) is 10.7. The number of hydrogen-bond donors (Lipinski definition) is 1.